The summed E-state index contributed by atoms with van der Waals surface area (Å²) >= 11 is 0. The van der Waals surface area contributed by atoms with Gasteiger partial charge in [-0.05, 0) is 12.1 Å². The van der Waals surface area contributed by atoms with Crippen molar-refractivity contribution in [2.45, 2.75) is 6.18 Å². The van der Waals surface area contributed by atoms with Crippen molar-refractivity contribution in [3.8, 4) is 11.8 Å². The van der Waals surface area contributed by atoms with Crippen LogP contribution in [0.25, 0.3) is 0 Å². The molecule has 17 heavy (non-hydrogen) atoms. The van der Waals surface area contributed by atoms with Gasteiger partial charge in [0.2, 0.25) is 0 Å². The Labute approximate surface area is 97.6 Å². The quantitative estimate of drug-likeness (QED) is 0.622. The molecular weight excluding hydrogens is 229 g/mol. The summed E-state index contributed by atoms with van der Waals surface area (Å²) in [6.45, 7) is 3.17. The van der Waals surface area contributed by atoms with Gasteiger partial charge in [0.1, 0.15) is 0 Å². The second-order valence-corrected chi connectivity index (χ2v) is 3.34. The molecule has 0 aromatic heterocycles. The van der Waals surface area contributed by atoms with Gasteiger partial charge in [0, 0.05) is 5.56 Å². The van der Waals surface area contributed by atoms with Crippen LogP contribution in [-0.4, -0.2) is 11.7 Å². The molecule has 1 N–H and O–H groups in total. The highest BCUT2D eigenvalue weighted by Gasteiger charge is 2.32. The monoisotopic (exact) mass is 240 g/mol. The van der Waals surface area contributed by atoms with Crippen LogP contribution in [0.1, 0.15) is 11.1 Å². The number of hydrogen-bond donors (Lipinski definition) is 1. The number of benzene rings is 1. The highest BCUT2D eigenvalue weighted by molar-refractivity contribution is 5.43. The largest absolute Gasteiger partial charge is 0.417 e. The van der Waals surface area contributed by atoms with E-state index in [1.807, 2.05) is 0 Å². The van der Waals surface area contributed by atoms with E-state index in [9.17, 15) is 13.2 Å². The molecule has 1 rings (SSSR count). The Morgan fingerprint density at radius 3 is 2.53 bits per heavy atom. The van der Waals surface area contributed by atoms with Crippen LogP contribution >= 0.6 is 0 Å². The highest BCUT2D eigenvalue weighted by atomic mass is 19.4. The lowest BCUT2D eigenvalue weighted by atomic mass is 10.1. The zero-order valence-electron chi connectivity index (χ0n) is 8.96. The van der Waals surface area contributed by atoms with E-state index in [1.54, 1.807) is 0 Å². The van der Waals surface area contributed by atoms with E-state index in [1.165, 1.54) is 24.3 Å². The van der Waals surface area contributed by atoms with Gasteiger partial charge in [-0.2, -0.15) is 13.2 Å². The smallest absolute Gasteiger partial charge is 0.395 e. The molecule has 4 heteroatoms. The van der Waals surface area contributed by atoms with Gasteiger partial charge in [0.15, 0.2) is 0 Å². The van der Waals surface area contributed by atoms with Gasteiger partial charge in [0.25, 0.3) is 0 Å². The van der Waals surface area contributed by atoms with E-state index in [4.69, 9.17) is 5.11 Å². The van der Waals surface area contributed by atoms with Gasteiger partial charge in [-0.3, -0.25) is 0 Å². The predicted molar refractivity (Wildman–Crippen MR) is 59.1 cm³/mol. The summed E-state index contributed by atoms with van der Waals surface area (Å²) in [4.78, 5) is 0. The fourth-order valence-corrected chi connectivity index (χ4v) is 1.19. The topological polar surface area (TPSA) is 20.2 Å². The van der Waals surface area contributed by atoms with Gasteiger partial charge in [-0.25, -0.2) is 0 Å². The Balaban J connectivity index is 3.11. The molecule has 0 bridgehead atoms. The molecule has 1 aromatic carbocycles. The standard InChI is InChI=1S/C13H11F3O/c1-2-10(9-17)7-8-11-5-3-4-6-12(11)13(14,15)16/h2-6,10,17H,1,9H2. The molecule has 0 radical (unpaired) electrons. The maximum absolute atomic E-state index is 12.6. The minimum absolute atomic E-state index is 0.0969. The summed E-state index contributed by atoms with van der Waals surface area (Å²) in [6, 6.07) is 5.07. The van der Waals surface area contributed by atoms with Crippen LogP contribution in [0.5, 0.6) is 0 Å². The Kier molecular flexibility index (Phi) is 4.36. The number of hydrogen-bond acceptors (Lipinski definition) is 1. The maximum atomic E-state index is 12.6. The zero-order chi connectivity index (χ0) is 12.9. The highest BCUT2D eigenvalue weighted by Crippen LogP contribution is 2.31. The summed E-state index contributed by atoms with van der Waals surface area (Å²) in [5, 5.41) is 8.84. The normalized spacial score (nSPS) is 12.5. The summed E-state index contributed by atoms with van der Waals surface area (Å²) in [5.41, 5.74) is -0.867. The Bertz CT molecular complexity index is 452. The van der Waals surface area contributed by atoms with Crippen LogP contribution in [0.2, 0.25) is 0 Å². The molecule has 90 valence electrons. The molecule has 0 heterocycles. The third-order valence-corrected chi connectivity index (χ3v) is 2.11. The lowest BCUT2D eigenvalue weighted by molar-refractivity contribution is -0.137. The lowest BCUT2D eigenvalue weighted by Gasteiger charge is -2.08. The molecule has 0 amide bonds. The molecule has 0 aliphatic carbocycles. The molecule has 1 nitrogen and oxygen atoms in total. The molecule has 1 aromatic rings. The number of halogens is 3. The average Bonchev–Trinajstić information content (AvgIpc) is 2.29. The van der Waals surface area contributed by atoms with Crippen LogP contribution in [0.3, 0.4) is 0 Å². The Hall–Kier alpha value is -1.73. The van der Waals surface area contributed by atoms with E-state index < -0.39 is 17.7 Å². The van der Waals surface area contributed by atoms with E-state index in [0.29, 0.717) is 0 Å². The predicted octanol–water partition coefficient (Wildman–Crippen LogP) is 2.85. The van der Waals surface area contributed by atoms with Crippen LogP contribution in [-0.2, 0) is 6.18 Å². The van der Waals surface area contributed by atoms with Crippen molar-refractivity contribution in [3.05, 3.63) is 48.0 Å². The minimum atomic E-state index is -4.42. The Morgan fingerprint density at radius 2 is 2.00 bits per heavy atom. The third kappa shape index (κ3) is 3.65. The lowest BCUT2D eigenvalue weighted by Crippen LogP contribution is -2.07. The average molecular weight is 240 g/mol. The van der Waals surface area contributed by atoms with Crippen LogP contribution in [0.4, 0.5) is 13.2 Å². The van der Waals surface area contributed by atoms with Crippen LogP contribution < -0.4 is 0 Å². The van der Waals surface area contributed by atoms with Crippen molar-refractivity contribution in [2.75, 3.05) is 6.61 Å². The zero-order valence-corrected chi connectivity index (χ0v) is 8.96. The van der Waals surface area contributed by atoms with Gasteiger partial charge in [-0.1, -0.05) is 30.0 Å². The first kappa shape index (κ1) is 13.3. The van der Waals surface area contributed by atoms with Crippen molar-refractivity contribution in [1.29, 1.82) is 0 Å². The molecule has 0 aliphatic rings. The summed E-state index contributed by atoms with van der Waals surface area (Å²) < 4.78 is 37.8. The van der Waals surface area contributed by atoms with E-state index in [2.05, 4.69) is 18.4 Å². The molecule has 1 unspecified atom stereocenters. The summed E-state index contributed by atoms with van der Waals surface area (Å²) in [7, 11) is 0. The summed E-state index contributed by atoms with van der Waals surface area (Å²) in [5.74, 6) is 4.43. The van der Waals surface area contributed by atoms with Gasteiger partial charge < -0.3 is 5.11 Å². The second kappa shape index (κ2) is 5.55. The van der Waals surface area contributed by atoms with Gasteiger partial charge in [-0.15, -0.1) is 6.58 Å². The summed E-state index contributed by atoms with van der Waals surface area (Å²) in [6.07, 6.45) is -3.03. The maximum Gasteiger partial charge on any atom is 0.417 e. The van der Waals surface area contributed by atoms with Crippen molar-refractivity contribution in [3.63, 3.8) is 0 Å². The fourth-order valence-electron chi connectivity index (χ4n) is 1.19. The number of alkyl halides is 3. The molecule has 0 aliphatic heterocycles. The first-order valence-corrected chi connectivity index (χ1v) is 4.90. The minimum Gasteiger partial charge on any atom is -0.395 e. The molecular formula is C13H11F3O. The Morgan fingerprint density at radius 1 is 1.35 bits per heavy atom. The van der Waals surface area contributed by atoms with Crippen molar-refractivity contribution >= 4 is 0 Å². The first-order chi connectivity index (χ1) is 7.99. The van der Waals surface area contributed by atoms with Gasteiger partial charge in [0.05, 0.1) is 18.1 Å². The second-order valence-electron chi connectivity index (χ2n) is 3.34. The SMILES string of the molecule is C=CC(C#Cc1ccccc1C(F)(F)F)CO. The molecule has 1 atom stereocenters. The fraction of sp³-hybridized carbons (Fsp3) is 0.231. The van der Waals surface area contributed by atoms with E-state index in [0.717, 1.165) is 6.07 Å². The first-order valence-electron chi connectivity index (χ1n) is 4.90. The molecule has 0 saturated carbocycles. The van der Waals surface area contributed by atoms with Crippen molar-refractivity contribution < 1.29 is 18.3 Å². The number of aliphatic hydroxyl groups is 1. The van der Waals surface area contributed by atoms with Crippen LogP contribution in [0.15, 0.2) is 36.9 Å². The molecule has 0 spiro atoms. The van der Waals surface area contributed by atoms with E-state index >= 15 is 0 Å². The number of rotatable bonds is 2. The molecule has 0 fully saturated rings. The third-order valence-electron chi connectivity index (χ3n) is 2.11. The molecule has 0 saturated heterocycles. The van der Waals surface area contributed by atoms with Gasteiger partial charge >= 0.3 is 6.18 Å². The van der Waals surface area contributed by atoms with Crippen LogP contribution in [0, 0.1) is 17.8 Å². The van der Waals surface area contributed by atoms with E-state index in [-0.39, 0.29) is 12.2 Å². The van der Waals surface area contributed by atoms with Crippen molar-refractivity contribution in [2.24, 2.45) is 5.92 Å². The van der Waals surface area contributed by atoms with Crippen molar-refractivity contribution in [1.82, 2.24) is 0 Å². The number of aliphatic hydroxyl groups excluding tert-OH is 1.